The SMILES string of the molecule is O=C1C(NC2CCOCC2)CCCN1c1ccccc1Cl. The molecule has 4 nitrogen and oxygen atoms in total. The first-order valence-corrected chi connectivity index (χ1v) is 8.03. The van der Waals surface area contributed by atoms with E-state index in [4.69, 9.17) is 16.3 Å². The van der Waals surface area contributed by atoms with Gasteiger partial charge in [0.05, 0.1) is 16.8 Å². The molecule has 1 aromatic rings. The lowest BCUT2D eigenvalue weighted by Crippen LogP contribution is -2.54. The molecule has 0 aromatic heterocycles. The maximum atomic E-state index is 12.7. The molecule has 1 atom stereocenters. The Labute approximate surface area is 130 Å². The average molecular weight is 309 g/mol. The number of ether oxygens (including phenoxy) is 1. The van der Waals surface area contributed by atoms with E-state index >= 15 is 0 Å². The van der Waals surface area contributed by atoms with E-state index in [0.29, 0.717) is 11.1 Å². The first-order chi connectivity index (χ1) is 10.3. The predicted molar refractivity (Wildman–Crippen MR) is 83.8 cm³/mol. The van der Waals surface area contributed by atoms with Crippen molar-refractivity contribution in [3.05, 3.63) is 29.3 Å². The molecule has 1 N–H and O–H groups in total. The molecule has 1 unspecified atom stereocenters. The summed E-state index contributed by atoms with van der Waals surface area (Å²) in [5.41, 5.74) is 0.822. The molecular weight excluding hydrogens is 288 g/mol. The largest absolute Gasteiger partial charge is 0.381 e. The molecule has 2 aliphatic rings. The van der Waals surface area contributed by atoms with Crippen LogP contribution in [0.2, 0.25) is 5.02 Å². The van der Waals surface area contributed by atoms with Gasteiger partial charge in [0.1, 0.15) is 0 Å². The summed E-state index contributed by atoms with van der Waals surface area (Å²) in [6.45, 7) is 2.31. The fourth-order valence-corrected chi connectivity index (χ4v) is 3.33. The van der Waals surface area contributed by atoms with Crippen LogP contribution in [0.3, 0.4) is 0 Å². The Balaban J connectivity index is 1.70. The van der Waals surface area contributed by atoms with Gasteiger partial charge in [-0.25, -0.2) is 0 Å². The quantitative estimate of drug-likeness (QED) is 0.933. The van der Waals surface area contributed by atoms with Gasteiger partial charge in [0.2, 0.25) is 5.91 Å². The summed E-state index contributed by atoms with van der Waals surface area (Å²) < 4.78 is 5.37. The minimum atomic E-state index is -0.0990. The number of hydrogen-bond acceptors (Lipinski definition) is 3. The maximum absolute atomic E-state index is 12.7. The van der Waals surface area contributed by atoms with Gasteiger partial charge in [0.25, 0.3) is 0 Å². The summed E-state index contributed by atoms with van der Waals surface area (Å²) in [4.78, 5) is 14.5. The number of nitrogens with zero attached hydrogens (tertiary/aromatic N) is 1. The van der Waals surface area contributed by atoms with Crippen LogP contribution in [0.1, 0.15) is 25.7 Å². The van der Waals surface area contributed by atoms with Gasteiger partial charge in [0, 0.05) is 25.8 Å². The van der Waals surface area contributed by atoms with Crippen LogP contribution in [0.25, 0.3) is 0 Å². The second kappa shape index (κ2) is 6.77. The summed E-state index contributed by atoms with van der Waals surface area (Å²) in [5, 5.41) is 4.15. The lowest BCUT2D eigenvalue weighted by atomic mass is 10.0. The molecule has 0 bridgehead atoms. The molecule has 2 fully saturated rings. The lowest BCUT2D eigenvalue weighted by Gasteiger charge is -2.36. The van der Waals surface area contributed by atoms with Crippen molar-refractivity contribution in [3.8, 4) is 0 Å². The highest BCUT2D eigenvalue weighted by atomic mass is 35.5. The monoisotopic (exact) mass is 308 g/mol. The molecule has 0 spiro atoms. The van der Waals surface area contributed by atoms with Crippen molar-refractivity contribution in [1.29, 1.82) is 0 Å². The third-order valence-electron chi connectivity index (χ3n) is 4.24. The number of benzene rings is 1. The molecule has 5 heteroatoms. The molecule has 2 heterocycles. The lowest BCUT2D eigenvalue weighted by molar-refractivity contribution is -0.122. The molecule has 0 saturated carbocycles. The zero-order valence-electron chi connectivity index (χ0n) is 12.1. The smallest absolute Gasteiger partial charge is 0.244 e. The molecule has 3 rings (SSSR count). The molecule has 114 valence electrons. The summed E-state index contributed by atoms with van der Waals surface area (Å²) in [5.74, 6) is 0.140. The fraction of sp³-hybridized carbons (Fsp3) is 0.562. The van der Waals surface area contributed by atoms with E-state index in [2.05, 4.69) is 5.32 Å². The molecule has 2 aliphatic heterocycles. The second-order valence-electron chi connectivity index (χ2n) is 5.69. The number of para-hydroxylation sites is 1. The summed E-state index contributed by atoms with van der Waals surface area (Å²) in [6, 6.07) is 7.84. The summed E-state index contributed by atoms with van der Waals surface area (Å²) >= 11 is 6.23. The highest BCUT2D eigenvalue weighted by Gasteiger charge is 2.32. The number of nitrogens with one attached hydrogen (secondary N) is 1. The molecule has 0 aliphatic carbocycles. The van der Waals surface area contributed by atoms with E-state index in [0.717, 1.165) is 51.1 Å². The zero-order valence-corrected chi connectivity index (χ0v) is 12.8. The Morgan fingerprint density at radius 3 is 2.71 bits per heavy atom. The van der Waals surface area contributed by atoms with Crippen LogP contribution in [0.4, 0.5) is 5.69 Å². The van der Waals surface area contributed by atoms with Gasteiger partial charge in [-0.3, -0.25) is 4.79 Å². The summed E-state index contributed by atoms with van der Waals surface area (Å²) in [7, 11) is 0. The van der Waals surface area contributed by atoms with Gasteiger partial charge in [-0.05, 0) is 37.8 Å². The van der Waals surface area contributed by atoms with E-state index in [1.807, 2.05) is 29.2 Å². The number of piperidine rings is 1. The first kappa shape index (κ1) is 14.8. The van der Waals surface area contributed by atoms with Crippen molar-refractivity contribution in [2.75, 3.05) is 24.7 Å². The highest BCUT2D eigenvalue weighted by molar-refractivity contribution is 6.33. The molecule has 21 heavy (non-hydrogen) atoms. The van der Waals surface area contributed by atoms with E-state index < -0.39 is 0 Å². The molecule has 1 aromatic carbocycles. The van der Waals surface area contributed by atoms with Crippen LogP contribution in [0.5, 0.6) is 0 Å². The Kier molecular flexibility index (Phi) is 4.78. The number of carbonyl (C=O) groups excluding carboxylic acids is 1. The van der Waals surface area contributed by atoms with Gasteiger partial charge < -0.3 is 15.0 Å². The zero-order chi connectivity index (χ0) is 14.7. The number of halogens is 1. The Bertz CT molecular complexity index is 503. The fourth-order valence-electron chi connectivity index (χ4n) is 3.09. The minimum absolute atomic E-state index is 0.0990. The number of rotatable bonds is 3. The standard InChI is InChI=1S/C16H21ClN2O2/c17-13-4-1-2-6-15(13)19-9-3-5-14(16(19)20)18-12-7-10-21-11-8-12/h1-2,4,6,12,14,18H,3,5,7-11H2. The van der Waals surface area contributed by atoms with Crippen LogP contribution in [0.15, 0.2) is 24.3 Å². The molecule has 0 radical (unpaired) electrons. The van der Waals surface area contributed by atoms with Crippen molar-refractivity contribution >= 4 is 23.2 Å². The Morgan fingerprint density at radius 2 is 1.95 bits per heavy atom. The van der Waals surface area contributed by atoms with Gasteiger partial charge in [-0.2, -0.15) is 0 Å². The van der Waals surface area contributed by atoms with Crippen LogP contribution in [0, 0.1) is 0 Å². The normalized spacial score (nSPS) is 24.3. The second-order valence-corrected chi connectivity index (χ2v) is 6.10. The third kappa shape index (κ3) is 3.39. The van der Waals surface area contributed by atoms with Crippen LogP contribution in [-0.2, 0) is 9.53 Å². The van der Waals surface area contributed by atoms with Crippen LogP contribution < -0.4 is 10.2 Å². The molecule has 1 amide bonds. The minimum Gasteiger partial charge on any atom is -0.381 e. The van der Waals surface area contributed by atoms with Crippen molar-refractivity contribution in [3.63, 3.8) is 0 Å². The number of hydrogen-bond donors (Lipinski definition) is 1. The molecule has 2 saturated heterocycles. The Morgan fingerprint density at radius 1 is 1.19 bits per heavy atom. The van der Waals surface area contributed by atoms with Gasteiger partial charge in [-0.1, -0.05) is 23.7 Å². The topological polar surface area (TPSA) is 41.6 Å². The Hall–Kier alpha value is -1.10. The van der Waals surface area contributed by atoms with E-state index in [1.54, 1.807) is 0 Å². The van der Waals surface area contributed by atoms with Crippen LogP contribution >= 0.6 is 11.6 Å². The average Bonchev–Trinajstić information content (AvgIpc) is 2.51. The highest BCUT2D eigenvalue weighted by Crippen LogP contribution is 2.28. The van der Waals surface area contributed by atoms with Gasteiger partial charge in [-0.15, -0.1) is 0 Å². The summed E-state index contributed by atoms with van der Waals surface area (Å²) in [6.07, 6.45) is 3.86. The maximum Gasteiger partial charge on any atom is 0.244 e. The predicted octanol–water partition coefficient (Wildman–Crippen LogP) is 2.60. The van der Waals surface area contributed by atoms with Crippen molar-refractivity contribution in [1.82, 2.24) is 5.32 Å². The number of anilines is 1. The van der Waals surface area contributed by atoms with Gasteiger partial charge in [0.15, 0.2) is 0 Å². The van der Waals surface area contributed by atoms with Crippen molar-refractivity contribution in [2.45, 2.75) is 37.8 Å². The van der Waals surface area contributed by atoms with Crippen molar-refractivity contribution < 1.29 is 9.53 Å². The molecular formula is C16H21ClN2O2. The van der Waals surface area contributed by atoms with Crippen LogP contribution in [-0.4, -0.2) is 37.7 Å². The van der Waals surface area contributed by atoms with E-state index in [9.17, 15) is 4.79 Å². The first-order valence-electron chi connectivity index (χ1n) is 7.65. The van der Waals surface area contributed by atoms with E-state index in [-0.39, 0.29) is 11.9 Å². The number of amides is 1. The van der Waals surface area contributed by atoms with Gasteiger partial charge >= 0.3 is 0 Å². The number of carbonyl (C=O) groups is 1. The third-order valence-corrected chi connectivity index (χ3v) is 4.56. The van der Waals surface area contributed by atoms with E-state index in [1.165, 1.54) is 0 Å². The van der Waals surface area contributed by atoms with Crippen molar-refractivity contribution in [2.24, 2.45) is 0 Å².